The van der Waals surface area contributed by atoms with Crippen LogP contribution in [0.2, 0.25) is 0 Å². The van der Waals surface area contributed by atoms with Crippen molar-refractivity contribution in [2.45, 2.75) is 6.54 Å². The number of thiophene rings is 1. The van der Waals surface area contributed by atoms with Crippen molar-refractivity contribution in [3.05, 3.63) is 39.7 Å². The van der Waals surface area contributed by atoms with E-state index >= 15 is 0 Å². The number of H-pyrrole nitrogens is 1. The predicted molar refractivity (Wildman–Crippen MR) is 54.8 cm³/mol. The number of nitrogens with zero attached hydrogens (tertiary/aromatic N) is 4. The number of nitrogens with one attached hydrogen (secondary N) is 1. The minimum absolute atomic E-state index is 0.314. The maximum atomic E-state index is 8.14. The Hall–Kier alpha value is -1.78. The van der Waals surface area contributed by atoms with Crippen LogP contribution in [0.1, 0.15) is 5.69 Å². The topological polar surface area (TPSA) is 77.4 Å². The third-order valence-corrected chi connectivity index (χ3v) is 2.60. The molecule has 1 N–H and O–H groups in total. The Balaban J connectivity index is 2.22. The lowest BCUT2D eigenvalue weighted by Crippen LogP contribution is -1.77. The summed E-state index contributed by atoms with van der Waals surface area (Å²) in [7, 11) is 0. The predicted octanol–water partition coefficient (Wildman–Crippen LogP) is 2.95. The van der Waals surface area contributed by atoms with Crippen LogP contribution < -0.4 is 0 Å². The largest absolute Gasteiger partial charge is 0.282 e. The van der Waals surface area contributed by atoms with E-state index in [0.29, 0.717) is 6.54 Å². The summed E-state index contributed by atoms with van der Waals surface area (Å²) in [6.07, 6.45) is 0. The first kappa shape index (κ1) is 8.80. The highest BCUT2D eigenvalue weighted by Gasteiger charge is 2.03. The van der Waals surface area contributed by atoms with Crippen LogP contribution in [0.3, 0.4) is 0 Å². The second kappa shape index (κ2) is 3.95. The Bertz CT molecular complexity index is 452. The van der Waals surface area contributed by atoms with Crippen molar-refractivity contribution in [1.29, 1.82) is 0 Å². The SMILES string of the molecule is [N-]=[N+]=NCc1cc(-c2cccs2)n[nH]1. The van der Waals surface area contributed by atoms with Gasteiger partial charge in [-0.2, -0.15) is 5.10 Å². The van der Waals surface area contributed by atoms with Crippen LogP contribution in [0.25, 0.3) is 21.0 Å². The second-order valence-corrected chi connectivity index (χ2v) is 3.59. The van der Waals surface area contributed by atoms with Gasteiger partial charge in [0.05, 0.1) is 11.4 Å². The molecular weight excluding hydrogens is 198 g/mol. The molecule has 0 aliphatic carbocycles. The van der Waals surface area contributed by atoms with Crippen LogP contribution in [-0.2, 0) is 6.54 Å². The summed E-state index contributed by atoms with van der Waals surface area (Å²) in [6.45, 7) is 0.314. The second-order valence-electron chi connectivity index (χ2n) is 2.64. The van der Waals surface area contributed by atoms with Gasteiger partial charge in [-0.3, -0.25) is 5.10 Å². The summed E-state index contributed by atoms with van der Waals surface area (Å²) in [5.41, 5.74) is 9.86. The molecule has 6 heteroatoms. The molecule has 0 bridgehead atoms. The van der Waals surface area contributed by atoms with Gasteiger partial charge in [0.15, 0.2) is 0 Å². The minimum Gasteiger partial charge on any atom is -0.282 e. The van der Waals surface area contributed by atoms with Crippen LogP contribution in [0.5, 0.6) is 0 Å². The first-order chi connectivity index (χ1) is 6.90. The number of aromatic nitrogens is 2. The van der Waals surface area contributed by atoms with Crippen molar-refractivity contribution in [3.8, 4) is 10.6 Å². The summed E-state index contributed by atoms with van der Waals surface area (Å²) in [6, 6.07) is 5.86. The molecule has 70 valence electrons. The van der Waals surface area contributed by atoms with Crippen LogP contribution in [0.15, 0.2) is 28.7 Å². The molecule has 14 heavy (non-hydrogen) atoms. The molecule has 0 spiro atoms. The van der Waals surface area contributed by atoms with E-state index in [9.17, 15) is 0 Å². The van der Waals surface area contributed by atoms with Crippen LogP contribution in [-0.4, -0.2) is 10.2 Å². The molecule has 0 unspecified atom stereocenters. The fraction of sp³-hybridized carbons (Fsp3) is 0.125. The third-order valence-electron chi connectivity index (χ3n) is 1.71. The first-order valence-electron chi connectivity index (χ1n) is 3.99. The molecule has 0 atom stereocenters. The summed E-state index contributed by atoms with van der Waals surface area (Å²) >= 11 is 1.63. The fourth-order valence-electron chi connectivity index (χ4n) is 1.10. The molecule has 2 heterocycles. The highest BCUT2D eigenvalue weighted by atomic mass is 32.1. The van der Waals surface area contributed by atoms with Gasteiger partial charge in [0, 0.05) is 10.6 Å². The lowest BCUT2D eigenvalue weighted by Gasteiger charge is -1.84. The van der Waals surface area contributed by atoms with Crippen LogP contribution in [0.4, 0.5) is 0 Å². The van der Waals surface area contributed by atoms with Gasteiger partial charge in [-0.15, -0.1) is 11.3 Å². The molecule has 0 aromatic carbocycles. The van der Waals surface area contributed by atoms with Crippen molar-refractivity contribution in [1.82, 2.24) is 10.2 Å². The standard InChI is InChI=1S/C8H7N5S/c9-13-10-5-6-4-7(12-11-6)8-2-1-3-14-8/h1-4H,5H2,(H,11,12). The molecule has 0 aliphatic heterocycles. The van der Waals surface area contributed by atoms with Gasteiger partial charge in [0.2, 0.25) is 0 Å². The third kappa shape index (κ3) is 1.76. The molecular formula is C8H7N5S. The van der Waals surface area contributed by atoms with Crippen molar-refractivity contribution >= 4 is 11.3 Å². The molecule has 0 fully saturated rings. The highest BCUT2D eigenvalue weighted by Crippen LogP contribution is 2.22. The van der Waals surface area contributed by atoms with Crippen molar-refractivity contribution in [2.24, 2.45) is 5.11 Å². The smallest absolute Gasteiger partial charge is 0.102 e. The number of azide groups is 1. The molecule has 0 amide bonds. The van der Waals surface area contributed by atoms with Gasteiger partial charge in [-0.25, -0.2) is 0 Å². The monoisotopic (exact) mass is 205 g/mol. The van der Waals surface area contributed by atoms with E-state index < -0.39 is 0 Å². The van der Waals surface area contributed by atoms with Crippen molar-refractivity contribution in [3.63, 3.8) is 0 Å². The van der Waals surface area contributed by atoms with Crippen molar-refractivity contribution < 1.29 is 0 Å². The Labute approximate surface area is 84.0 Å². The van der Waals surface area contributed by atoms with Gasteiger partial charge >= 0.3 is 0 Å². The fourth-order valence-corrected chi connectivity index (χ4v) is 1.79. The molecule has 0 aliphatic rings. The van der Waals surface area contributed by atoms with Gasteiger partial charge in [0.1, 0.15) is 5.69 Å². The zero-order chi connectivity index (χ0) is 9.80. The summed E-state index contributed by atoms with van der Waals surface area (Å²) in [5, 5.41) is 12.4. The molecule has 0 saturated carbocycles. The van der Waals surface area contributed by atoms with Gasteiger partial charge in [-0.05, 0) is 23.0 Å². The Morgan fingerprint density at radius 1 is 1.64 bits per heavy atom. The van der Waals surface area contributed by atoms with Crippen LogP contribution >= 0.6 is 11.3 Å². The maximum absolute atomic E-state index is 8.14. The van der Waals surface area contributed by atoms with Crippen LogP contribution in [0, 0.1) is 0 Å². The molecule has 5 nitrogen and oxygen atoms in total. The number of hydrogen-bond acceptors (Lipinski definition) is 3. The highest BCUT2D eigenvalue weighted by molar-refractivity contribution is 7.13. The molecule has 2 aromatic heterocycles. The summed E-state index contributed by atoms with van der Waals surface area (Å²) < 4.78 is 0. The van der Waals surface area contributed by atoms with Gasteiger partial charge in [-0.1, -0.05) is 11.2 Å². The lowest BCUT2D eigenvalue weighted by molar-refractivity contribution is 0.939. The summed E-state index contributed by atoms with van der Waals surface area (Å²) in [5.74, 6) is 0. The Morgan fingerprint density at radius 2 is 2.57 bits per heavy atom. The molecule has 0 radical (unpaired) electrons. The minimum atomic E-state index is 0.314. The average molecular weight is 205 g/mol. The van der Waals surface area contributed by atoms with E-state index in [-0.39, 0.29) is 0 Å². The van der Waals surface area contributed by atoms with E-state index in [2.05, 4.69) is 20.2 Å². The quantitative estimate of drug-likeness (QED) is 0.466. The molecule has 2 rings (SSSR count). The number of hydrogen-bond donors (Lipinski definition) is 1. The zero-order valence-corrected chi connectivity index (χ0v) is 8.03. The molecule has 2 aromatic rings. The number of aromatic amines is 1. The lowest BCUT2D eigenvalue weighted by atomic mass is 10.3. The normalized spacial score (nSPS) is 9.71. The first-order valence-corrected chi connectivity index (χ1v) is 4.87. The van der Waals surface area contributed by atoms with E-state index in [0.717, 1.165) is 16.3 Å². The molecule has 0 saturated heterocycles. The van der Waals surface area contributed by atoms with Gasteiger partial charge < -0.3 is 0 Å². The van der Waals surface area contributed by atoms with E-state index in [1.54, 1.807) is 11.3 Å². The summed E-state index contributed by atoms with van der Waals surface area (Å²) in [4.78, 5) is 3.79. The van der Waals surface area contributed by atoms with Crippen molar-refractivity contribution in [2.75, 3.05) is 0 Å². The van der Waals surface area contributed by atoms with E-state index in [4.69, 9.17) is 5.53 Å². The Morgan fingerprint density at radius 3 is 3.29 bits per heavy atom. The number of rotatable bonds is 3. The van der Waals surface area contributed by atoms with E-state index in [1.807, 2.05) is 23.6 Å². The van der Waals surface area contributed by atoms with Gasteiger partial charge in [0.25, 0.3) is 0 Å². The zero-order valence-electron chi connectivity index (χ0n) is 7.21. The van der Waals surface area contributed by atoms with E-state index in [1.165, 1.54) is 0 Å². The average Bonchev–Trinajstić information content (AvgIpc) is 2.85. The maximum Gasteiger partial charge on any atom is 0.102 e. The Kier molecular flexibility index (Phi) is 2.48.